The summed E-state index contributed by atoms with van der Waals surface area (Å²) in [4.78, 5) is 11.9. The molecule has 104 valence electrons. The van der Waals surface area contributed by atoms with Crippen molar-refractivity contribution in [3.8, 4) is 0 Å². The average molecular weight is 268 g/mol. The van der Waals surface area contributed by atoms with E-state index in [4.69, 9.17) is 0 Å². The Kier molecular flexibility index (Phi) is 3.89. The van der Waals surface area contributed by atoms with Crippen LogP contribution in [0.5, 0.6) is 0 Å². The van der Waals surface area contributed by atoms with Gasteiger partial charge in [0.05, 0.1) is 11.8 Å². The molecule has 1 aromatic carbocycles. The fourth-order valence-corrected chi connectivity index (χ4v) is 1.91. The third-order valence-corrected chi connectivity index (χ3v) is 3.19. The zero-order valence-corrected chi connectivity index (χ0v) is 12.4. The van der Waals surface area contributed by atoms with E-state index in [1.807, 2.05) is 18.2 Å². The molecule has 0 radical (unpaired) electrons. The van der Waals surface area contributed by atoms with Gasteiger partial charge in [0.1, 0.15) is 0 Å². The number of hydrogen-bond acceptors (Lipinski definition) is 2. The highest BCUT2D eigenvalue weighted by molar-refractivity contribution is 6.06. The van der Waals surface area contributed by atoms with Crippen LogP contribution in [-0.4, -0.2) is 15.6 Å². The maximum atomic E-state index is 11.9. The highest BCUT2D eigenvalue weighted by atomic mass is 16.1. The summed E-state index contributed by atoms with van der Waals surface area (Å²) < 4.78 is 1.62. The monoisotopic (exact) mass is 268 g/mol. The van der Waals surface area contributed by atoms with Crippen LogP contribution in [0.1, 0.15) is 42.3 Å². The highest BCUT2D eigenvalue weighted by Gasteiger charge is 2.12. The number of allylic oxidation sites excluding steroid dienone is 1. The molecule has 0 atom stereocenters. The van der Waals surface area contributed by atoms with Crippen molar-refractivity contribution in [2.45, 2.75) is 26.2 Å². The van der Waals surface area contributed by atoms with Gasteiger partial charge in [0.25, 0.3) is 0 Å². The third-order valence-electron chi connectivity index (χ3n) is 3.19. The summed E-state index contributed by atoms with van der Waals surface area (Å²) in [5.41, 5.74) is 3.06. The Hall–Kier alpha value is -2.16. The molecule has 0 amide bonds. The molecule has 0 saturated heterocycles. The van der Waals surface area contributed by atoms with Gasteiger partial charge in [0, 0.05) is 13.2 Å². The van der Waals surface area contributed by atoms with Crippen molar-refractivity contribution < 1.29 is 4.79 Å². The molecule has 0 fully saturated rings. The summed E-state index contributed by atoms with van der Waals surface area (Å²) in [5, 5.41) is 3.99. The van der Waals surface area contributed by atoms with Gasteiger partial charge in [-0.1, -0.05) is 51.1 Å². The number of rotatable bonds is 3. The van der Waals surface area contributed by atoms with Gasteiger partial charge in [-0.2, -0.15) is 5.10 Å². The minimum absolute atomic E-state index is 0.0296. The quantitative estimate of drug-likeness (QED) is 0.629. The largest absolute Gasteiger partial charge is 0.289 e. The minimum Gasteiger partial charge on any atom is -0.289 e. The second-order valence-electron chi connectivity index (χ2n) is 5.97. The Morgan fingerprint density at radius 3 is 2.35 bits per heavy atom. The molecule has 2 aromatic rings. The van der Waals surface area contributed by atoms with E-state index in [1.54, 1.807) is 30.2 Å². The number of benzene rings is 1. The standard InChI is InChI=1S/C17H20N2O/c1-17(2,3)15-8-5-13(6-9-15)7-10-16(20)14-11-18-19(4)12-14/h5-12H,1-4H3/b10-7-. The molecule has 3 nitrogen and oxygen atoms in total. The molecule has 3 heteroatoms. The summed E-state index contributed by atoms with van der Waals surface area (Å²) >= 11 is 0. The van der Waals surface area contributed by atoms with Gasteiger partial charge in [-0.3, -0.25) is 9.48 Å². The maximum Gasteiger partial charge on any atom is 0.189 e. The molecule has 0 aliphatic rings. The molecule has 0 aliphatic carbocycles. The Morgan fingerprint density at radius 2 is 1.85 bits per heavy atom. The maximum absolute atomic E-state index is 11.9. The highest BCUT2D eigenvalue weighted by Crippen LogP contribution is 2.22. The normalized spacial score (nSPS) is 12.0. The molecule has 0 saturated carbocycles. The lowest BCUT2D eigenvalue weighted by atomic mass is 9.87. The van der Waals surface area contributed by atoms with Gasteiger partial charge in [0.2, 0.25) is 0 Å². The topological polar surface area (TPSA) is 34.9 Å². The summed E-state index contributed by atoms with van der Waals surface area (Å²) in [6, 6.07) is 8.28. The first-order valence-corrected chi connectivity index (χ1v) is 6.68. The summed E-state index contributed by atoms with van der Waals surface area (Å²) in [7, 11) is 1.80. The number of carbonyl (C=O) groups excluding carboxylic acids is 1. The number of aryl methyl sites for hydroxylation is 1. The molecule has 0 unspecified atom stereocenters. The fourth-order valence-electron chi connectivity index (χ4n) is 1.91. The van der Waals surface area contributed by atoms with Crippen LogP contribution in [0.4, 0.5) is 0 Å². The van der Waals surface area contributed by atoms with Crippen LogP contribution in [0.25, 0.3) is 6.08 Å². The Morgan fingerprint density at radius 1 is 1.20 bits per heavy atom. The zero-order valence-electron chi connectivity index (χ0n) is 12.4. The van der Waals surface area contributed by atoms with E-state index in [0.29, 0.717) is 5.56 Å². The average Bonchev–Trinajstić information content (AvgIpc) is 2.82. The van der Waals surface area contributed by atoms with Crippen molar-refractivity contribution in [3.05, 3.63) is 59.4 Å². The lowest BCUT2D eigenvalue weighted by molar-refractivity contribution is 0.104. The Labute approximate surface area is 119 Å². The molecule has 0 bridgehead atoms. The first kappa shape index (κ1) is 14.3. The van der Waals surface area contributed by atoms with Crippen molar-refractivity contribution >= 4 is 11.9 Å². The lowest BCUT2D eigenvalue weighted by Crippen LogP contribution is -2.10. The van der Waals surface area contributed by atoms with Crippen LogP contribution in [0.15, 0.2) is 42.7 Å². The van der Waals surface area contributed by atoms with Gasteiger partial charge >= 0.3 is 0 Å². The molecule has 1 heterocycles. The van der Waals surface area contributed by atoms with Crippen LogP contribution in [0.3, 0.4) is 0 Å². The lowest BCUT2D eigenvalue weighted by Gasteiger charge is -2.18. The SMILES string of the molecule is Cn1cc(C(=O)/C=C\c2ccc(C(C)(C)C)cc2)cn1. The van der Waals surface area contributed by atoms with Crippen LogP contribution in [0, 0.1) is 0 Å². The Balaban J connectivity index is 2.10. The number of hydrogen-bond donors (Lipinski definition) is 0. The van der Waals surface area contributed by atoms with Crippen molar-refractivity contribution in [1.82, 2.24) is 9.78 Å². The van der Waals surface area contributed by atoms with Crippen LogP contribution in [0.2, 0.25) is 0 Å². The second-order valence-corrected chi connectivity index (χ2v) is 5.97. The first-order chi connectivity index (χ1) is 9.36. The van der Waals surface area contributed by atoms with E-state index < -0.39 is 0 Å². The third kappa shape index (κ3) is 3.44. The minimum atomic E-state index is -0.0296. The summed E-state index contributed by atoms with van der Waals surface area (Å²) in [6.45, 7) is 6.55. The van der Waals surface area contributed by atoms with Gasteiger partial charge in [-0.05, 0) is 22.6 Å². The smallest absolute Gasteiger partial charge is 0.189 e. The van der Waals surface area contributed by atoms with Crippen molar-refractivity contribution in [2.75, 3.05) is 0 Å². The second kappa shape index (κ2) is 5.45. The van der Waals surface area contributed by atoms with E-state index in [9.17, 15) is 4.79 Å². The van der Waals surface area contributed by atoms with Crippen molar-refractivity contribution in [2.24, 2.45) is 7.05 Å². The summed E-state index contributed by atoms with van der Waals surface area (Å²) in [5.74, 6) is -0.0296. The number of aromatic nitrogens is 2. The molecule has 0 spiro atoms. The van der Waals surface area contributed by atoms with E-state index in [0.717, 1.165) is 5.56 Å². The van der Waals surface area contributed by atoms with Crippen LogP contribution < -0.4 is 0 Å². The van der Waals surface area contributed by atoms with Crippen LogP contribution >= 0.6 is 0 Å². The van der Waals surface area contributed by atoms with Gasteiger partial charge in [0.15, 0.2) is 5.78 Å². The molecule has 2 rings (SSSR count). The molecule has 20 heavy (non-hydrogen) atoms. The van der Waals surface area contributed by atoms with E-state index in [-0.39, 0.29) is 11.2 Å². The van der Waals surface area contributed by atoms with Crippen molar-refractivity contribution in [3.63, 3.8) is 0 Å². The van der Waals surface area contributed by atoms with E-state index >= 15 is 0 Å². The fraction of sp³-hybridized carbons (Fsp3) is 0.294. The van der Waals surface area contributed by atoms with E-state index in [2.05, 4.69) is 38.0 Å². The van der Waals surface area contributed by atoms with Crippen molar-refractivity contribution in [1.29, 1.82) is 0 Å². The molecular weight excluding hydrogens is 248 g/mol. The van der Waals surface area contributed by atoms with Crippen LogP contribution in [-0.2, 0) is 12.5 Å². The molecule has 0 N–H and O–H groups in total. The van der Waals surface area contributed by atoms with Gasteiger partial charge in [-0.15, -0.1) is 0 Å². The zero-order chi connectivity index (χ0) is 14.8. The number of carbonyl (C=O) groups is 1. The molecule has 1 aromatic heterocycles. The van der Waals surface area contributed by atoms with Gasteiger partial charge in [-0.25, -0.2) is 0 Å². The van der Waals surface area contributed by atoms with Gasteiger partial charge < -0.3 is 0 Å². The predicted molar refractivity (Wildman–Crippen MR) is 81.7 cm³/mol. The predicted octanol–water partition coefficient (Wildman–Crippen LogP) is 3.61. The van der Waals surface area contributed by atoms with E-state index in [1.165, 1.54) is 5.56 Å². The number of nitrogens with zero attached hydrogens (tertiary/aromatic N) is 2. The first-order valence-electron chi connectivity index (χ1n) is 6.68. The molecular formula is C17H20N2O. The number of ketones is 1. The Bertz CT molecular complexity index is 628. The summed E-state index contributed by atoms with van der Waals surface area (Å²) in [6.07, 6.45) is 6.72. The molecule has 0 aliphatic heterocycles.